The fourth-order valence-corrected chi connectivity index (χ4v) is 3.34. The smallest absolute Gasteiger partial charge is 0.193 e. The van der Waals surface area contributed by atoms with E-state index in [0.29, 0.717) is 0 Å². The van der Waals surface area contributed by atoms with Crippen molar-refractivity contribution in [2.45, 2.75) is 38.0 Å². The maximum atomic E-state index is 13.5. The van der Waals surface area contributed by atoms with Crippen LogP contribution in [-0.2, 0) is 5.41 Å². The molecule has 1 N–H and O–H groups in total. The van der Waals surface area contributed by atoms with Gasteiger partial charge in [0.05, 0.1) is 0 Å². The lowest BCUT2D eigenvalue weighted by atomic mass is 9.96. The van der Waals surface area contributed by atoms with E-state index in [1.165, 1.54) is 18.9 Å². The van der Waals surface area contributed by atoms with Crippen molar-refractivity contribution in [3.05, 3.63) is 35.6 Å². The number of guanidine groups is 1. The molecule has 0 radical (unpaired) electrons. The maximum Gasteiger partial charge on any atom is 0.193 e. The first kappa shape index (κ1) is 18.5. The Morgan fingerprint density at radius 1 is 1.35 bits per heavy atom. The molecule has 0 bridgehead atoms. The van der Waals surface area contributed by atoms with Crippen LogP contribution in [0.2, 0.25) is 0 Å². The summed E-state index contributed by atoms with van der Waals surface area (Å²) in [4.78, 5) is 6.79. The standard InChI is InChI=1S/C18H26FN3.HI/c1-14-6-10-22(11-7-14)17(20-2)21-13-18(8-9-18)15-4-3-5-16(19)12-15;/h3-5,12,14H,6-11,13H2,1-2H3,(H,20,21);1H. The molecule has 3 nitrogen and oxygen atoms in total. The van der Waals surface area contributed by atoms with Gasteiger partial charge in [0.15, 0.2) is 5.96 Å². The number of hydrogen-bond acceptors (Lipinski definition) is 1. The van der Waals surface area contributed by atoms with Crippen molar-refractivity contribution >= 4 is 29.9 Å². The molecule has 0 atom stereocenters. The summed E-state index contributed by atoms with van der Waals surface area (Å²) < 4.78 is 13.5. The molecule has 2 aliphatic rings. The van der Waals surface area contributed by atoms with Gasteiger partial charge in [-0.25, -0.2) is 4.39 Å². The molecule has 23 heavy (non-hydrogen) atoms. The van der Waals surface area contributed by atoms with Crippen LogP contribution in [0.15, 0.2) is 29.3 Å². The van der Waals surface area contributed by atoms with Crippen LogP contribution in [0.25, 0.3) is 0 Å². The molecule has 0 amide bonds. The van der Waals surface area contributed by atoms with E-state index < -0.39 is 0 Å². The monoisotopic (exact) mass is 431 g/mol. The van der Waals surface area contributed by atoms with Crippen molar-refractivity contribution in [3.8, 4) is 0 Å². The van der Waals surface area contributed by atoms with Crippen molar-refractivity contribution in [1.29, 1.82) is 0 Å². The van der Waals surface area contributed by atoms with E-state index in [1.54, 1.807) is 6.07 Å². The van der Waals surface area contributed by atoms with Crippen LogP contribution in [-0.4, -0.2) is 37.5 Å². The maximum absolute atomic E-state index is 13.5. The normalized spacial score (nSPS) is 20.8. The first-order valence-electron chi connectivity index (χ1n) is 8.35. The quantitative estimate of drug-likeness (QED) is 0.448. The molecular weight excluding hydrogens is 404 g/mol. The zero-order chi connectivity index (χ0) is 15.6. The number of benzene rings is 1. The molecule has 1 saturated carbocycles. The number of aliphatic imine (C=N–C) groups is 1. The highest BCUT2D eigenvalue weighted by Gasteiger charge is 2.44. The van der Waals surface area contributed by atoms with Crippen molar-refractivity contribution in [2.24, 2.45) is 10.9 Å². The molecule has 1 aliphatic heterocycles. The summed E-state index contributed by atoms with van der Waals surface area (Å²) >= 11 is 0. The van der Waals surface area contributed by atoms with E-state index in [9.17, 15) is 4.39 Å². The molecule has 2 fully saturated rings. The summed E-state index contributed by atoms with van der Waals surface area (Å²) in [6.45, 7) is 5.31. The predicted molar refractivity (Wildman–Crippen MR) is 104 cm³/mol. The molecular formula is C18H27FIN3. The van der Waals surface area contributed by atoms with Crippen LogP contribution in [0.5, 0.6) is 0 Å². The first-order valence-corrected chi connectivity index (χ1v) is 8.35. The average molecular weight is 431 g/mol. The lowest BCUT2D eigenvalue weighted by Crippen LogP contribution is -2.47. The van der Waals surface area contributed by atoms with Crippen molar-refractivity contribution < 1.29 is 4.39 Å². The number of nitrogens with zero attached hydrogens (tertiary/aromatic N) is 2. The predicted octanol–water partition coefficient (Wildman–Crippen LogP) is 3.78. The summed E-state index contributed by atoms with van der Waals surface area (Å²) in [5, 5.41) is 3.53. The number of likely N-dealkylation sites (tertiary alicyclic amines) is 1. The average Bonchev–Trinajstić information content (AvgIpc) is 3.31. The van der Waals surface area contributed by atoms with Crippen LogP contribution < -0.4 is 5.32 Å². The van der Waals surface area contributed by atoms with Gasteiger partial charge < -0.3 is 10.2 Å². The molecule has 0 unspecified atom stereocenters. The van der Waals surface area contributed by atoms with Gasteiger partial charge in [-0.05, 0) is 49.3 Å². The third-order valence-electron chi connectivity index (χ3n) is 5.17. The summed E-state index contributed by atoms with van der Waals surface area (Å²) in [6.07, 6.45) is 4.71. The van der Waals surface area contributed by atoms with E-state index in [4.69, 9.17) is 0 Å². The number of nitrogens with one attached hydrogen (secondary N) is 1. The Kier molecular flexibility index (Phi) is 6.28. The van der Waals surface area contributed by atoms with E-state index in [0.717, 1.165) is 49.9 Å². The molecule has 1 aromatic rings. The van der Waals surface area contributed by atoms with Crippen molar-refractivity contribution in [2.75, 3.05) is 26.7 Å². The van der Waals surface area contributed by atoms with Gasteiger partial charge in [-0.3, -0.25) is 4.99 Å². The fourth-order valence-electron chi connectivity index (χ4n) is 3.34. The van der Waals surface area contributed by atoms with E-state index in [2.05, 4.69) is 22.1 Å². The molecule has 128 valence electrons. The van der Waals surface area contributed by atoms with E-state index in [1.807, 2.05) is 19.2 Å². The number of halogens is 2. The van der Waals surface area contributed by atoms with E-state index in [-0.39, 0.29) is 35.2 Å². The summed E-state index contributed by atoms with van der Waals surface area (Å²) in [6, 6.07) is 7.05. The van der Waals surface area contributed by atoms with Gasteiger partial charge in [0, 0.05) is 32.1 Å². The van der Waals surface area contributed by atoms with Gasteiger partial charge in [-0.15, -0.1) is 24.0 Å². The Morgan fingerprint density at radius 2 is 2.04 bits per heavy atom. The zero-order valence-electron chi connectivity index (χ0n) is 14.0. The van der Waals surface area contributed by atoms with E-state index >= 15 is 0 Å². The Bertz CT molecular complexity index is 549. The summed E-state index contributed by atoms with van der Waals surface area (Å²) in [5.41, 5.74) is 1.21. The second-order valence-corrected chi connectivity index (χ2v) is 6.86. The SMILES string of the molecule is CN=C(NCC1(c2cccc(F)c2)CC1)N1CCC(C)CC1.I. The summed E-state index contributed by atoms with van der Waals surface area (Å²) in [5.74, 6) is 1.67. The Balaban J connectivity index is 0.00000192. The third-order valence-corrected chi connectivity index (χ3v) is 5.17. The Hall–Kier alpha value is -0.850. The third kappa shape index (κ3) is 4.37. The molecule has 5 heteroatoms. The molecule has 1 heterocycles. The van der Waals surface area contributed by atoms with Crippen LogP contribution >= 0.6 is 24.0 Å². The number of rotatable bonds is 3. The second-order valence-electron chi connectivity index (χ2n) is 6.86. The number of piperidine rings is 1. The minimum absolute atomic E-state index is 0. The topological polar surface area (TPSA) is 27.6 Å². The highest BCUT2D eigenvalue weighted by atomic mass is 127. The Labute approximate surface area is 155 Å². The number of hydrogen-bond donors (Lipinski definition) is 1. The van der Waals surface area contributed by atoms with Crippen LogP contribution in [0, 0.1) is 11.7 Å². The first-order chi connectivity index (χ1) is 10.6. The highest BCUT2D eigenvalue weighted by molar-refractivity contribution is 14.0. The molecule has 1 saturated heterocycles. The lowest BCUT2D eigenvalue weighted by Gasteiger charge is -2.33. The van der Waals surface area contributed by atoms with Crippen molar-refractivity contribution in [1.82, 2.24) is 10.2 Å². The van der Waals surface area contributed by atoms with Gasteiger partial charge in [-0.2, -0.15) is 0 Å². The molecule has 3 rings (SSSR count). The molecule has 1 aromatic carbocycles. The van der Waals surface area contributed by atoms with Gasteiger partial charge >= 0.3 is 0 Å². The fraction of sp³-hybridized carbons (Fsp3) is 0.611. The van der Waals surface area contributed by atoms with Gasteiger partial charge in [0.25, 0.3) is 0 Å². The Morgan fingerprint density at radius 3 is 2.61 bits per heavy atom. The van der Waals surface area contributed by atoms with Crippen LogP contribution in [0.3, 0.4) is 0 Å². The van der Waals surface area contributed by atoms with Crippen LogP contribution in [0.4, 0.5) is 4.39 Å². The summed E-state index contributed by atoms with van der Waals surface area (Å²) in [7, 11) is 1.85. The highest BCUT2D eigenvalue weighted by Crippen LogP contribution is 2.47. The largest absolute Gasteiger partial charge is 0.355 e. The van der Waals surface area contributed by atoms with Crippen LogP contribution in [0.1, 0.15) is 38.2 Å². The molecule has 0 spiro atoms. The van der Waals surface area contributed by atoms with Crippen molar-refractivity contribution in [3.63, 3.8) is 0 Å². The van der Waals surface area contributed by atoms with Gasteiger partial charge in [0.1, 0.15) is 5.82 Å². The van der Waals surface area contributed by atoms with Gasteiger partial charge in [-0.1, -0.05) is 19.1 Å². The lowest BCUT2D eigenvalue weighted by molar-refractivity contribution is 0.273. The molecule has 1 aliphatic carbocycles. The minimum Gasteiger partial charge on any atom is -0.355 e. The second kappa shape index (κ2) is 7.81. The molecule has 0 aromatic heterocycles. The zero-order valence-corrected chi connectivity index (χ0v) is 16.3. The minimum atomic E-state index is -0.141. The van der Waals surface area contributed by atoms with Gasteiger partial charge in [0.2, 0.25) is 0 Å².